The molecule has 3 aliphatic rings. The molecule has 2 unspecified atom stereocenters. The summed E-state index contributed by atoms with van der Waals surface area (Å²) in [6.45, 7) is 15.2. The summed E-state index contributed by atoms with van der Waals surface area (Å²) in [5.74, 6) is -2.01. The average Bonchev–Trinajstić information content (AvgIpc) is 3.52. The fraction of sp³-hybridized carbons (Fsp3) is 0.606. The highest BCUT2D eigenvalue weighted by Gasteiger charge is 2.78. The van der Waals surface area contributed by atoms with Crippen LogP contribution >= 0.6 is 11.6 Å². The van der Waals surface area contributed by atoms with Crippen molar-refractivity contribution < 1.29 is 24.2 Å². The Morgan fingerprint density at radius 2 is 1.86 bits per heavy atom. The van der Waals surface area contributed by atoms with Gasteiger partial charge in [-0.25, -0.2) is 0 Å². The first-order chi connectivity index (χ1) is 20.1. The molecule has 4 rings (SSSR count). The zero-order valence-corrected chi connectivity index (χ0v) is 26.1. The molecule has 230 valence electrons. The summed E-state index contributed by atoms with van der Waals surface area (Å²) in [6, 6.07) is 4.60. The smallest absolute Gasteiger partial charge is 0.253 e. The van der Waals surface area contributed by atoms with E-state index in [9.17, 15) is 19.5 Å². The summed E-state index contributed by atoms with van der Waals surface area (Å²) in [4.78, 5) is 48.4. The molecule has 1 N–H and O–H groups in total. The van der Waals surface area contributed by atoms with E-state index in [-0.39, 0.29) is 30.9 Å². The van der Waals surface area contributed by atoms with Crippen LogP contribution in [0.3, 0.4) is 0 Å². The molecule has 3 fully saturated rings. The van der Waals surface area contributed by atoms with Crippen LogP contribution in [-0.4, -0.2) is 82.7 Å². The van der Waals surface area contributed by atoms with E-state index >= 15 is 0 Å². The van der Waals surface area contributed by atoms with Crippen LogP contribution in [0.15, 0.2) is 43.5 Å². The van der Waals surface area contributed by atoms with Crippen molar-refractivity contribution in [3.8, 4) is 0 Å². The number of amides is 3. The Hall–Kier alpha value is -2.68. The predicted octanol–water partition coefficient (Wildman–Crippen LogP) is 4.91. The summed E-state index contributed by atoms with van der Waals surface area (Å²) in [5.41, 5.74) is -0.539. The van der Waals surface area contributed by atoms with Gasteiger partial charge in [-0.2, -0.15) is 0 Å². The van der Waals surface area contributed by atoms with Crippen LogP contribution in [0.1, 0.15) is 64.4 Å². The maximum atomic E-state index is 14.8. The third-order valence-electron chi connectivity index (χ3n) is 9.27. The van der Waals surface area contributed by atoms with Gasteiger partial charge in [0, 0.05) is 32.8 Å². The maximum absolute atomic E-state index is 14.8. The Kier molecular flexibility index (Phi) is 10.2. The van der Waals surface area contributed by atoms with Crippen LogP contribution in [0.25, 0.3) is 0 Å². The molecule has 1 aromatic carbocycles. The average molecular weight is 600 g/mol. The van der Waals surface area contributed by atoms with Crippen molar-refractivity contribution >= 4 is 35.0 Å². The number of carbonyl (C=O) groups excluding carboxylic acids is 3. The van der Waals surface area contributed by atoms with Crippen molar-refractivity contribution in [2.24, 2.45) is 11.8 Å². The summed E-state index contributed by atoms with van der Waals surface area (Å²) in [6.07, 6.45) is 8.26. The number of likely N-dealkylation sites (tertiary alicyclic amines) is 1. The third-order valence-corrected chi connectivity index (χ3v) is 9.58. The van der Waals surface area contributed by atoms with Gasteiger partial charge in [-0.15, -0.1) is 13.2 Å². The van der Waals surface area contributed by atoms with E-state index in [1.807, 2.05) is 32.9 Å². The third kappa shape index (κ3) is 5.53. The van der Waals surface area contributed by atoms with E-state index < -0.39 is 29.1 Å². The molecule has 0 saturated carbocycles. The number of ether oxygens (including phenoxy) is 1. The Morgan fingerprint density at radius 1 is 1.14 bits per heavy atom. The van der Waals surface area contributed by atoms with Gasteiger partial charge in [0.15, 0.2) is 0 Å². The highest BCUT2D eigenvalue weighted by atomic mass is 35.5. The highest BCUT2D eigenvalue weighted by Crippen LogP contribution is 2.63. The van der Waals surface area contributed by atoms with Crippen LogP contribution < -0.4 is 4.90 Å². The van der Waals surface area contributed by atoms with Gasteiger partial charge in [-0.05, 0) is 57.6 Å². The lowest BCUT2D eigenvalue weighted by Crippen LogP contribution is -2.56. The van der Waals surface area contributed by atoms with Gasteiger partial charge in [-0.3, -0.25) is 14.4 Å². The fourth-order valence-corrected chi connectivity index (χ4v) is 7.84. The molecule has 0 radical (unpaired) electrons. The number of aryl methyl sites for hydroxylation is 1. The highest BCUT2D eigenvalue weighted by molar-refractivity contribution is 6.34. The number of anilines is 1. The molecule has 0 aromatic heterocycles. The number of carbonyl (C=O) groups is 3. The molecule has 1 spiro atoms. The Morgan fingerprint density at radius 3 is 2.50 bits per heavy atom. The van der Waals surface area contributed by atoms with E-state index in [0.29, 0.717) is 56.0 Å². The molecule has 3 saturated heterocycles. The van der Waals surface area contributed by atoms with E-state index in [4.69, 9.17) is 16.3 Å². The molecule has 3 amide bonds. The minimum Gasteiger partial charge on any atom is -0.396 e. The number of aliphatic hydroxyl groups is 1. The van der Waals surface area contributed by atoms with Crippen LogP contribution in [0.5, 0.6) is 0 Å². The Bertz CT molecular complexity index is 1190. The molecule has 42 heavy (non-hydrogen) atoms. The zero-order chi connectivity index (χ0) is 30.7. The first-order valence-electron chi connectivity index (χ1n) is 15.3. The topological polar surface area (TPSA) is 90.4 Å². The molecule has 9 heteroatoms. The number of halogens is 1. The molecular weight excluding hydrogens is 554 g/mol. The fourth-order valence-electron chi connectivity index (χ4n) is 7.52. The standard InChI is InChI=1S/C33H46ClN3O5/c1-6-18-35(19-7-2)29(39)25-26-30(40)37(21-11-9-10-12-22-38)28(33(26)17-16-32(25,5)42-33)31(41)36(20-8-3)27-23(4)14-13-15-24(27)34/h6,8,13-15,25-26,28,38H,1,3,7,9-12,16-22H2,2,4-5H3/t25-,26-,28?,32+,33?/m0/s1. The largest absolute Gasteiger partial charge is 0.396 e. The summed E-state index contributed by atoms with van der Waals surface area (Å²) >= 11 is 6.66. The first kappa shape index (κ1) is 32.2. The van der Waals surface area contributed by atoms with Crippen molar-refractivity contribution in [2.45, 2.75) is 83.0 Å². The van der Waals surface area contributed by atoms with Gasteiger partial charge in [-0.1, -0.05) is 55.7 Å². The van der Waals surface area contributed by atoms with Crippen molar-refractivity contribution in [3.05, 3.63) is 54.1 Å². The number of unbranched alkanes of at least 4 members (excludes halogenated alkanes) is 3. The van der Waals surface area contributed by atoms with Gasteiger partial charge in [0.1, 0.15) is 11.6 Å². The number of para-hydroxylation sites is 1. The Balaban J connectivity index is 1.78. The Labute approximate surface area is 255 Å². The van der Waals surface area contributed by atoms with E-state index in [2.05, 4.69) is 13.2 Å². The zero-order valence-electron chi connectivity index (χ0n) is 25.3. The number of benzene rings is 1. The quantitative estimate of drug-likeness (QED) is 0.229. The molecule has 5 atom stereocenters. The predicted molar refractivity (Wildman–Crippen MR) is 165 cm³/mol. The van der Waals surface area contributed by atoms with Crippen LogP contribution in [0.2, 0.25) is 5.02 Å². The van der Waals surface area contributed by atoms with Crippen molar-refractivity contribution in [1.29, 1.82) is 0 Å². The van der Waals surface area contributed by atoms with Crippen LogP contribution in [0.4, 0.5) is 5.69 Å². The maximum Gasteiger partial charge on any atom is 0.253 e. The number of hydrogen-bond donors (Lipinski definition) is 1. The summed E-state index contributed by atoms with van der Waals surface area (Å²) in [7, 11) is 0. The molecule has 1 aromatic rings. The van der Waals surface area contributed by atoms with Gasteiger partial charge >= 0.3 is 0 Å². The van der Waals surface area contributed by atoms with Crippen LogP contribution in [0, 0.1) is 18.8 Å². The molecule has 3 heterocycles. The van der Waals surface area contributed by atoms with Crippen molar-refractivity contribution in [3.63, 3.8) is 0 Å². The second kappa shape index (κ2) is 13.3. The molecule has 2 bridgehead atoms. The van der Waals surface area contributed by atoms with Gasteiger partial charge < -0.3 is 24.5 Å². The minimum absolute atomic E-state index is 0.111. The second-order valence-corrected chi connectivity index (χ2v) is 12.5. The summed E-state index contributed by atoms with van der Waals surface area (Å²) in [5, 5.41) is 9.65. The normalized spacial score (nSPS) is 27.7. The molecule has 3 aliphatic heterocycles. The molecular formula is C33H46ClN3O5. The van der Waals surface area contributed by atoms with Crippen molar-refractivity contribution in [2.75, 3.05) is 37.7 Å². The number of aliphatic hydroxyl groups excluding tert-OH is 1. The number of hydrogen-bond acceptors (Lipinski definition) is 5. The van der Waals surface area contributed by atoms with Gasteiger partial charge in [0.25, 0.3) is 5.91 Å². The van der Waals surface area contributed by atoms with E-state index in [1.54, 1.807) is 32.9 Å². The SMILES string of the molecule is C=CCN(CCC)C(=O)[C@@H]1[C@H]2C(=O)N(CCCCCCO)C(C(=O)N(CC=C)c3c(C)cccc3Cl)C23CC[C@@]1(C)O3. The first-order valence-corrected chi connectivity index (χ1v) is 15.7. The van der Waals surface area contributed by atoms with E-state index in [1.165, 1.54) is 0 Å². The molecule has 0 aliphatic carbocycles. The number of nitrogens with zero attached hydrogens (tertiary/aromatic N) is 3. The molecule has 8 nitrogen and oxygen atoms in total. The summed E-state index contributed by atoms with van der Waals surface area (Å²) < 4.78 is 6.84. The van der Waals surface area contributed by atoms with Crippen LogP contribution in [-0.2, 0) is 19.1 Å². The number of rotatable bonds is 15. The lowest BCUT2D eigenvalue weighted by molar-refractivity contribution is -0.149. The number of fused-ring (bicyclic) bond motifs is 1. The van der Waals surface area contributed by atoms with E-state index in [0.717, 1.165) is 24.8 Å². The van der Waals surface area contributed by atoms with Crippen molar-refractivity contribution in [1.82, 2.24) is 9.80 Å². The van der Waals surface area contributed by atoms with Gasteiger partial charge in [0.2, 0.25) is 11.8 Å². The second-order valence-electron chi connectivity index (χ2n) is 12.1. The monoisotopic (exact) mass is 599 g/mol. The van der Waals surface area contributed by atoms with Gasteiger partial charge in [0.05, 0.1) is 28.1 Å². The lowest BCUT2D eigenvalue weighted by Gasteiger charge is -2.37. The lowest BCUT2D eigenvalue weighted by atomic mass is 9.66. The minimum atomic E-state index is -1.12.